The molecule has 1 aliphatic rings. The van der Waals surface area contributed by atoms with Gasteiger partial charge in [0, 0.05) is 48.0 Å². The summed E-state index contributed by atoms with van der Waals surface area (Å²) in [5.74, 6) is 1.15. The molecule has 0 unspecified atom stereocenters. The second-order valence-corrected chi connectivity index (χ2v) is 5.86. The second-order valence-electron chi connectivity index (χ2n) is 5.86. The number of carbonyl (C=O) groups excluding carboxylic acids is 1. The summed E-state index contributed by atoms with van der Waals surface area (Å²) in [4.78, 5) is 17.9. The molecular weight excluding hydrogens is 292 g/mol. The number of aromatic amines is 2. The Morgan fingerprint density at radius 2 is 2.30 bits per heavy atom. The lowest BCUT2D eigenvalue weighted by molar-refractivity contribution is 0.0792. The summed E-state index contributed by atoms with van der Waals surface area (Å²) in [6, 6.07) is 7.70. The van der Waals surface area contributed by atoms with E-state index in [4.69, 9.17) is 4.74 Å². The van der Waals surface area contributed by atoms with E-state index in [1.165, 1.54) is 0 Å². The summed E-state index contributed by atoms with van der Waals surface area (Å²) >= 11 is 0. The van der Waals surface area contributed by atoms with Crippen molar-refractivity contribution in [3.63, 3.8) is 0 Å². The van der Waals surface area contributed by atoms with Crippen LogP contribution >= 0.6 is 0 Å². The molecule has 1 aromatic carbocycles. The molecule has 1 saturated heterocycles. The van der Waals surface area contributed by atoms with E-state index in [0.717, 1.165) is 41.9 Å². The maximum absolute atomic E-state index is 12.9. The monoisotopic (exact) mass is 310 g/mol. The summed E-state index contributed by atoms with van der Waals surface area (Å²) in [7, 11) is 1.63. The first-order valence-corrected chi connectivity index (χ1v) is 7.70. The van der Waals surface area contributed by atoms with E-state index < -0.39 is 0 Å². The van der Waals surface area contributed by atoms with Gasteiger partial charge in [0.2, 0.25) is 0 Å². The van der Waals surface area contributed by atoms with Crippen LogP contribution in [0.4, 0.5) is 0 Å². The molecule has 6 heteroatoms. The maximum atomic E-state index is 12.9. The summed E-state index contributed by atoms with van der Waals surface area (Å²) in [6.45, 7) is 1.48. The number of likely N-dealkylation sites (tertiary alicyclic amines) is 1. The average molecular weight is 310 g/mol. The highest BCUT2D eigenvalue weighted by Crippen LogP contribution is 2.29. The van der Waals surface area contributed by atoms with Gasteiger partial charge in [0.25, 0.3) is 5.91 Å². The van der Waals surface area contributed by atoms with Crippen LogP contribution in [-0.2, 0) is 0 Å². The fraction of sp³-hybridized carbons (Fsp3) is 0.294. The fourth-order valence-corrected chi connectivity index (χ4v) is 3.27. The zero-order valence-electron chi connectivity index (χ0n) is 12.9. The lowest BCUT2D eigenvalue weighted by Gasteiger charge is -2.16. The Hall–Kier alpha value is -2.76. The molecule has 118 valence electrons. The zero-order valence-corrected chi connectivity index (χ0v) is 12.9. The highest BCUT2D eigenvalue weighted by Gasteiger charge is 2.29. The number of methoxy groups -OCH3 is 1. The van der Waals surface area contributed by atoms with E-state index in [1.54, 1.807) is 19.5 Å². The molecule has 1 aliphatic heterocycles. The number of ether oxygens (including phenoxy) is 1. The highest BCUT2D eigenvalue weighted by atomic mass is 16.5. The Bertz CT molecular complexity index is 838. The number of carbonyl (C=O) groups is 1. The van der Waals surface area contributed by atoms with E-state index in [9.17, 15) is 4.79 Å². The molecule has 1 fully saturated rings. The van der Waals surface area contributed by atoms with E-state index in [-0.39, 0.29) is 5.91 Å². The molecule has 3 aromatic rings. The lowest BCUT2D eigenvalue weighted by atomic mass is 10.1. The summed E-state index contributed by atoms with van der Waals surface area (Å²) in [6.07, 6.45) is 4.50. The van der Waals surface area contributed by atoms with E-state index in [2.05, 4.69) is 15.2 Å². The average Bonchev–Trinajstić information content (AvgIpc) is 3.32. The van der Waals surface area contributed by atoms with E-state index >= 15 is 0 Å². The molecular formula is C17H18N4O2. The van der Waals surface area contributed by atoms with E-state index in [1.807, 2.05) is 29.2 Å². The summed E-state index contributed by atoms with van der Waals surface area (Å²) in [5, 5.41) is 7.91. The first kappa shape index (κ1) is 13.9. The van der Waals surface area contributed by atoms with Crippen LogP contribution < -0.4 is 4.74 Å². The van der Waals surface area contributed by atoms with Crippen molar-refractivity contribution in [2.75, 3.05) is 20.2 Å². The van der Waals surface area contributed by atoms with Crippen molar-refractivity contribution in [3.8, 4) is 5.75 Å². The van der Waals surface area contributed by atoms with Gasteiger partial charge in [-0.15, -0.1) is 0 Å². The maximum Gasteiger partial charge on any atom is 0.256 e. The van der Waals surface area contributed by atoms with Crippen LogP contribution in [0.2, 0.25) is 0 Å². The van der Waals surface area contributed by atoms with Crippen LogP contribution in [0.3, 0.4) is 0 Å². The van der Waals surface area contributed by atoms with Gasteiger partial charge in [0.15, 0.2) is 0 Å². The minimum Gasteiger partial charge on any atom is -0.497 e. The van der Waals surface area contributed by atoms with Crippen LogP contribution in [0, 0.1) is 0 Å². The van der Waals surface area contributed by atoms with Gasteiger partial charge in [-0.3, -0.25) is 9.89 Å². The molecule has 0 spiro atoms. The largest absolute Gasteiger partial charge is 0.497 e. The van der Waals surface area contributed by atoms with Crippen LogP contribution in [0.5, 0.6) is 5.75 Å². The molecule has 4 rings (SSSR count). The van der Waals surface area contributed by atoms with Gasteiger partial charge in [-0.2, -0.15) is 5.10 Å². The van der Waals surface area contributed by atoms with Gasteiger partial charge < -0.3 is 14.6 Å². The van der Waals surface area contributed by atoms with Gasteiger partial charge in [-0.05, 0) is 30.7 Å². The number of fused-ring (bicyclic) bond motifs is 1. The SMILES string of the molecule is COc1ccc2[nH]cc(C(=O)N3CC[C@H](c4ccn[nH]4)C3)c2c1. The minimum atomic E-state index is 0.0616. The first-order valence-electron chi connectivity index (χ1n) is 7.70. The summed E-state index contributed by atoms with van der Waals surface area (Å²) < 4.78 is 5.27. The van der Waals surface area contributed by atoms with Crippen LogP contribution in [0.1, 0.15) is 28.4 Å². The topological polar surface area (TPSA) is 74.0 Å². The van der Waals surface area contributed by atoms with E-state index in [0.29, 0.717) is 11.5 Å². The number of nitrogens with one attached hydrogen (secondary N) is 2. The highest BCUT2D eigenvalue weighted by molar-refractivity contribution is 6.07. The Kier molecular flexibility index (Phi) is 3.29. The number of nitrogens with zero attached hydrogens (tertiary/aromatic N) is 2. The predicted octanol–water partition coefficient (Wildman–Crippen LogP) is 2.53. The third-order valence-corrected chi connectivity index (χ3v) is 4.56. The third-order valence-electron chi connectivity index (χ3n) is 4.56. The first-order chi connectivity index (χ1) is 11.3. The quantitative estimate of drug-likeness (QED) is 0.780. The second kappa shape index (κ2) is 5.46. The molecule has 1 amide bonds. The van der Waals surface area contributed by atoms with Gasteiger partial charge >= 0.3 is 0 Å². The van der Waals surface area contributed by atoms with Gasteiger partial charge in [0.1, 0.15) is 5.75 Å². The Balaban J connectivity index is 1.60. The number of benzene rings is 1. The van der Waals surface area contributed by atoms with Crippen molar-refractivity contribution in [2.24, 2.45) is 0 Å². The number of rotatable bonds is 3. The van der Waals surface area contributed by atoms with Crippen molar-refractivity contribution >= 4 is 16.8 Å². The zero-order chi connectivity index (χ0) is 15.8. The number of aromatic nitrogens is 3. The molecule has 1 atom stereocenters. The van der Waals surface area contributed by atoms with Gasteiger partial charge in [-0.1, -0.05) is 0 Å². The Morgan fingerprint density at radius 3 is 3.09 bits per heavy atom. The van der Waals surface area contributed by atoms with Crippen molar-refractivity contribution in [3.05, 3.63) is 47.9 Å². The molecule has 2 N–H and O–H groups in total. The Morgan fingerprint density at radius 1 is 1.39 bits per heavy atom. The van der Waals surface area contributed by atoms with Crippen molar-refractivity contribution < 1.29 is 9.53 Å². The van der Waals surface area contributed by atoms with Gasteiger partial charge in [0.05, 0.1) is 12.7 Å². The van der Waals surface area contributed by atoms with Gasteiger partial charge in [-0.25, -0.2) is 0 Å². The fourth-order valence-electron chi connectivity index (χ4n) is 3.27. The number of hydrogen-bond donors (Lipinski definition) is 2. The molecule has 0 aliphatic carbocycles. The number of H-pyrrole nitrogens is 2. The molecule has 0 radical (unpaired) electrons. The van der Waals surface area contributed by atoms with Crippen molar-refractivity contribution in [1.82, 2.24) is 20.1 Å². The number of amides is 1. The van der Waals surface area contributed by atoms with Crippen molar-refractivity contribution in [1.29, 1.82) is 0 Å². The molecule has 3 heterocycles. The molecule has 0 saturated carbocycles. The molecule has 23 heavy (non-hydrogen) atoms. The normalized spacial score (nSPS) is 17.8. The number of hydrogen-bond acceptors (Lipinski definition) is 3. The minimum absolute atomic E-state index is 0.0616. The third kappa shape index (κ3) is 2.36. The summed E-state index contributed by atoms with van der Waals surface area (Å²) in [5.41, 5.74) is 2.74. The van der Waals surface area contributed by atoms with Crippen LogP contribution in [0.25, 0.3) is 10.9 Å². The Labute approximate surface area is 133 Å². The van der Waals surface area contributed by atoms with Crippen molar-refractivity contribution in [2.45, 2.75) is 12.3 Å². The molecule has 6 nitrogen and oxygen atoms in total. The van der Waals surface area contributed by atoms with Crippen LogP contribution in [0.15, 0.2) is 36.7 Å². The molecule has 0 bridgehead atoms. The van der Waals surface area contributed by atoms with Crippen LogP contribution in [-0.4, -0.2) is 46.2 Å². The molecule has 2 aromatic heterocycles. The lowest BCUT2D eigenvalue weighted by Crippen LogP contribution is -2.28. The smallest absolute Gasteiger partial charge is 0.256 e. The predicted molar refractivity (Wildman–Crippen MR) is 86.7 cm³/mol. The standard InChI is InChI=1S/C17H18N4O2/c1-23-12-2-3-16-13(8-12)14(9-18-16)17(22)21-7-5-11(10-21)15-4-6-19-20-15/h2-4,6,8-9,11,18H,5,7,10H2,1H3,(H,19,20)/t11-/m0/s1.